The van der Waals surface area contributed by atoms with Gasteiger partial charge in [0.05, 0.1) is 24.5 Å². The minimum Gasteiger partial charge on any atom is -0.397 e. The van der Waals surface area contributed by atoms with E-state index in [0.717, 1.165) is 36.5 Å². The lowest BCUT2D eigenvalue weighted by Crippen LogP contribution is -2.32. The van der Waals surface area contributed by atoms with Crippen LogP contribution in [0.2, 0.25) is 0 Å². The molecule has 15 heavy (non-hydrogen) atoms. The second kappa shape index (κ2) is 4.06. The van der Waals surface area contributed by atoms with E-state index in [2.05, 4.69) is 9.88 Å². The van der Waals surface area contributed by atoms with Crippen LogP contribution in [0.3, 0.4) is 0 Å². The molecule has 1 fully saturated rings. The van der Waals surface area contributed by atoms with E-state index in [0.29, 0.717) is 0 Å². The molecule has 82 valence electrons. The van der Waals surface area contributed by atoms with Gasteiger partial charge in [-0.05, 0) is 31.4 Å². The Morgan fingerprint density at radius 2 is 2.47 bits per heavy atom. The Hall–Kier alpha value is -1.29. The minimum absolute atomic E-state index is 0.200. The number of hydrogen-bond donors (Lipinski definition) is 2. The monoisotopic (exact) mass is 207 g/mol. The van der Waals surface area contributed by atoms with Gasteiger partial charge in [-0.15, -0.1) is 0 Å². The quantitative estimate of drug-likeness (QED) is 0.757. The van der Waals surface area contributed by atoms with Crippen molar-refractivity contribution >= 4 is 11.5 Å². The lowest BCUT2D eigenvalue weighted by atomic mass is 10.2. The van der Waals surface area contributed by atoms with Crippen molar-refractivity contribution in [3.05, 3.63) is 17.8 Å². The van der Waals surface area contributed by atoms with Crippen LogP contribution in [-0.4, -0.2) is 29.3 Å². The van der Waals surface area contributed by atoms with Crippen LogP contribution in [0.1, 0.15) is 18.4 Å². The molecule has 0 spiro atoms. The third kappa shape index (κ3) is 1.90. The van der Waals surface area contributed by atoms with Crippen molar-refractivity contribution in [2.24, 2.45) is 0 Å². The van der Waals surface area contributed by atoms with E-state index in [9.17, 15) is 5.11 Å². The molecule has 0 radical (unpaired) electrons. The van der Waals surface area contributed by atoms with E-state index in [1.807, 2.05) is 13.0 Å². The van der Waals surface area contributed by atoms with Crippen LogP contribution >= 0.6 is 0 Å². The van der Waals surface area contributed by atoms with Crippen LogP contribution in [-0.2, 0) is 0 Å². The third-order valence-corrected chi connectivity index (χ3v) is 3.02. The maximum absolute atomic E-state index is 9.23. The Balaban J connectivity index is 2.25. The summed E-state index contributed by atoms with van der Waals surface area (Å²) < 4.78 is 0. The van der Waals surface area contributed by atoms with E-state index < -0.39 is 0 Å². The van der Waals surface area contributed by atoms with Crippen molar-refractivity contribution in [2.45, 2.75) is 25.8 Å². The molecule has 1 atom stereocenters. The van der Waals surface area contributed by atoms with Gasteiger partial charge in [0.1, 0.15) is 5.82 Å². The van der Waals surface area contributed by atoms with Gasteiger partial charge in [0.2, 0.25) is 0 Å². The molecule has 4 heteroatoms. The van der Waals surface area contributed by atoms with Crippen LogP contribution in [0, 0.1) is 6.92 Å². The summed E-state index contributed by atoms with van der Waals surface area (Å²) in [5, 5.41) is 9.23. The van der Waals surface area contributed by atoms with Crippen LogP contribution in [0.25, 0.3) is 0 Å². The first-order valence-corrected chi connectivity index (χ1v) is 5.32. The van der Waals surface area contributed by atoms with Gasteiger partial charge in [-0.25, -0.2) is 4.98 Å². The zero-order chi connectivity index (χ0) is 10.8. The molecule has 0 bridgehead atoms. The van der Waals surface area contributed by atoms with Gasteiger partial charge in [-0.1, -0.05) is 0 Å². The van der Waals surface area contributed by atoms with Crippen LogP contribution in [0.5, 0.6) is 0 Å². The summed E-state index contributed by atoms with van der Waals surface area (Å²) in [5.41, 5.74) is 7.49. The van der Waals surface area contributed by atoms with Crippen molar-refractivity contribution in [3.8, 4) is 0 Å². The zero-order valence-electron chi connectivity index (χ0n) is 8.98. The number of aliphatic hydroxyl groups is 1. The highest BCUT2D eigenvalue weighted by atomic mass is 16.3. The zero-order valence-corrected chi connectivity index (χ0v) is 8.98. The fraction of sp³-hybridized carbons (Fsp3) is 0.545. The maximum Gasteiger partial charge on any atom is 0.129 e. The number of nitrogens with zero attached hydrogens (tertiary/aromatic N) is 2. The average molecular weight is 207 g/mol. The van der Waals surface area contributed by atoms with E-state index in [1.54, 1.807) is 6.20 Å². The molecule has 3 N–H and O–H groups in total. The second-order valence-corrected chi connectivity index (χ2v) is 4.07. The maximum atomic E-state index is 9.23. The molecule has 0 aromatic carbocycles. The molecule has 1 aromatic heterocycles. The van der Waals surface area contributed by atoms with Gasteiger partial charge in [0.15, 0.2) is 0 Å². The average Bonchev–Trinajstić information content (AvgIpc) is 2.70. The molecule has 0 saturated carbocycles. The second-order valence-electron chi connectivity index (χ2n) is 4.07. The predicted octanol–water partition coefficient (Wildman–Crippen LogP) is 0.933. The summed E-state index contributed by atoms with van der Waals surface area (Å²) in [6.07, 6.45) is 3.86. The molecule has 1 aromatic rings. The number of aryl methyl sites for hydroxylation is 1. The fourth-order valence-corrected chi connectivity index (χ4v) is 2.04. The number of pyridine rings is 1. The molecule has 1 unspecified atom stereocenters. The molecule has 2 rings (SSSR count). The van der Waals surface area contributed by atoms with E-state index in [-0.39, 0.29) is 12.6 Å². The van der Waals surface area contributed by atoms with E-state index in [1.165, 1.54) is 0 Å². The molecule has 4 nitrogen and oxygen atoms in total. The summed E-state index contributed by atoms with van der Waals surface area (Å²) in [6.45, 7) is 3.15. The van der Waals surface area contributed by atoms with Gasteiger partial charge >= 0.3 is 0 Å². The lowest BCUT2D eigenvalue weighted by Gasteiger charge is -2.24. The summed E-state index contributed by atoms with van der Waals surface area (Å²) in [7, 11) is 0. The smallest absolute Gasteiger partial charge is 0.129 e. The van der Waals surface area contributed by atoms with Gasteiger partial charge in [0.25, 0.3) is 0 Å². The highest BCUT2D eigenvalue weighted by Crippen LogP contribution is 2.25. The summed E-state index contributed by atoms with van der Waals surface area (Å²) >= 11 is 0. The Bertz CT molecular complexity index is 354. The van der Waals surface area contributed by atoms with Gasteiger partial charge in [-0.3, -0.25) is 0 Å². The molecular weight excluding hydrogens is 190 g/mol. The molecule has 1 saturated heterocycles. The standard InChI is InChI=1S/C11H17N3O/c1-8-5-11(13-6-10(8)12)14-4-2-3-9(14)7-15/h5-6,9,15H,2-4,7,12H2,1H3. The van der Waals surface area contributed by atoms with Crippen molar-refractivity contribution in [1.29, 1.82) is 0 Å². The third-order valence-electron chi connectivity index (χ3n) is 3.02. The molecule has 1 aliphatic rings. The molecule has 0 amide bonds. The summed E-state index contributed by atoms with van der Waals surface area (Å²) in [6, 6.07) is 2.21. The first-order valence-electron chi connectivity index (χ1n) is 5.32. The number of aromatic nitrogens is 1. The Morgan fingerprint density at radius 3 is 3.13 bits per heavy atom. The first-order chi connectivity index (χ1) is 7.22. The lowest BCUT2D eigenvalue weighted by molar-refractivity contribution is 0.266. The van der Waals surface area contributed by atoms with Gasteiger partial charge < -0.3 is 15.7 Å². The molecule has 2 heterocycles. The van der Waals surface area contributed by atoms with Crippen molar-refractivity contribution in [3.63, 3.8) is 0 Å². The largest absolute Gasteiger partial charge is 0.397 e. The molecule has 0 aliphatic carbocycles. The number of hydrogen-bond acceptors (Lipinski definition) is 4. The van der Waals surface area contributed by atoms with Crippen LogP contribution in [0.15, 0.2) is 12.3 Å². The van der Waals surface area contributed by atoms with Crippen molar-refractivity contribution in [2.75, 3.05) is 23.8 Å². The minimum atomic E-state index is 0.200. The molecule has 1 aliphatic heterocycles. The van der Waals surface area contributed by atoms with E-state index in [4.69, 9.17) is 5.73 Å². The first kappa shape index (κ1) is 10.2. The van der Waals surface area contributed by atoms with Gasteiger partial charge in [0, 0.05) is 6.54 Å². The number of aliphatic hydroxyl groups excluding tert-OH is 1. The van der Waals surface area contributed by atoms with Gasteiger partial charge in [-0.2, -0.15) is 0 Å². The van der Waals surface area contributed by atoms with E-state index >= 15 is 0 Å². The normalized spacial score (nSPS) is 20.9. The highest BCUT2D eigenvalue weighted by molar-refractivity contribution is 5.53. The number of nitrogen functional groups attached to an aromatic ring is 1. The van der Waals surface area contributed by atoms with Crippen LogP contribution < -0.4 is 10.6 Å². The highest BCUT2D eigenvalue weighted by Gasteiger charge is 2.24. The van der Waals surface area contributed by atoms with Crippen molar-refractivity contribution in [1.82, 2.24) is 4.98 Å². The Morgan fingerprint density at radius 1 is 1.67 bits per heavy atom. The Labute approximate surface area is 89.7 Å². The van der Waals surface area contributed by atoms with Crippen molar-refractivity contribution < 1.29 is 5.11 Å². The summed E-state index contributed by atoms with van der Waals surface area (Å²) in [4.78, 5) is 6.47. The molecular formula is C11H17N3O. The number of anilines is 2. The van der Waals surface area contributed by atoms with Crippen LogP contribution in [0.4, 0.5) is 11.5 Å². The fourth-order valence-electron chi connectivity index (χ4n) is 2.04. The number of nitrogens with two attached hydrogens (primary N) is 1. The SMILES string of the molecule is Cc1cc(N2CCCC2CO)ncc1N. The summed E-state index contributed by atoms with van der Waals surface area (Å²) in [5.74, 6) is 0.929. The topological polar surface area (TPSA) is 62.4 Å². The number of rotatable bonds is 2. The predicted molar refractivity (Wildman–Crippen MR) is 60.8 cm³/mol. The Kier molecular flexibility index (Phi) is 2.77.